The molecule has 1 aliphatic heterocycles. The summed E-state index contributed by atoms with van der Waals surface area (Å²) in [7, 11) is -1.94. The Kier molecular flexibility index (Phi) is 5.86. The summed E-state index contributed by atoms with van der Waals surface area (Å²) >= 11 is 1.14. The number of thiazole rings is 1. The van der Waals surface area contributed by atoms with Gasteiger partial charge in [-0.1, -0.05) is 41.7 Å². The van der Waals surface area contributed by atoms with Crippen LogP contribution in [0.1, 0.15) is 33.8 Å². The van der Waals surface area contributed by atoms with E-state index >= 15 is 0 Å². The molecule has 0 aliphatic carbocycles. The van der Waals surface area contributed by atoms with Crippen LogP contribution in [0, 0.1) is 12.8 Å². The Balaban J connectivity index is 1.63. The van der Waals surface area contributed by atoms with Crippen LogP contribution in [0.2, 0.25) is 0 Å². The number of rotatable bonds is 5. The van der Waals surface area contributed by atoms with Crippen molar-refractivity contribution in [2.24, 2.45) is 5.92 Å². The highest BCUT2D eigenvalue weighted by Crippen LogP contribution is 2.29. The molecule has 2 aromatic rings. The van der Waals surface area contributed by atoms with Crippen molar-refractivity contribution in [2.45, 2.75) is 26.2 Å². The summed E-state index contributed by atoms with van der Waals surface area (Å²) in [5.74, 6) is 0.544. The molecule has 0 saturated carbocycles. The molecule has 0 atom stereocenters. The van der Waals surface area contributed by atoms with Crippen molar-refractivity contribution >= 4 is 32.4 Å². The zero-order chi connectivity index (χ0) is 19.6. The molecule has 1 saturated heterocycles. The van der Waals surface area contributed by atoms with Crippen LogP contribution in [0.3, 0.4) is 0 Å². The minimum atomic E-state index is -3.39. The molecule has 1 aromatic carbocycles. The number of amides is 1. The van der Waals surface area contributed by atoms with E-state index in [1.54, 1.807) is 6.92 Å². The number of carbonyl (C=O) groups excluding carboxylic acids is 1. The minimum absolute atomic E-state index is 0.0451. The van der Waals surface area contributed by atoms with E-state index in [2.05, 4.69) is 29.2 Å². The predicted molar refractivity (Wildman–Crippen MR) is 109 cm³/mol. The number of aromatic nitrogens is 1. The van der Waals surface area contributed by atoms with Crippen LogP contribution in [-0.2, 0) is 16.4 Å². The van der Waals surface area contributed by atoms with Crippen LogP contribution in [0.25, 0.3) is 0 Å². The number of hydrogen-bond acceptors (Lipinski definition) is 5. The van der Waals surface area contributed by atoms with Gasteiger partial charge in [0.1, 0.15) is 4.88 Å². The quantitative estimate of drug-likeness (QED) is 0.764. The molecule has 27 heavy (non-hydrogen) atoms. The van der Waals surface area contributed by atoms with Crippen molar-refractivity contribution in [1.29, 1.82) is 0 Å². The van der Waals surface area contributed by atoms with Crippen LogP contribution >= 0.6 is 11.3 Å². The van der Waals surface area contributed by atoms with E-state index in [9.17, 15) is 13.2 Å². The number of hydrogen-bond donors (Lipinski definition) is 0. The van der Waals surface area contributed by atoms with E-state index in [0.717, 1.165) is 54.2 Å². The third-order valence-corrected chi connectivity index (χ3v) is 7.52. The van der Waals surface area contributed by atoms with Gasteiger partial charge in [-0.05, 0) is 37.7 Å². The van der Waals surface area contributed by atoms with Gasteiger partial charge in [-0.2, -0.15) is 0 Å². The molecule has 1 fully saturated rings. The van der Waals surface area contributed by atoms with E-state index in [-0.39, 0.29) is 5.91 Å². The molecule has 1 aliphatic rings. The van der Waals surface area contributed by atoms with Crippen LogP contribution in [0.4, 0.5) is 5.13 Å². The lowest BCUT2D eigenvalue weighted by Gasteiger charge is -2.32. The number of anilines is 1. The number of carbonyl (C=O) groups is 1. The van der Waals surface area contributed by atoms with Crippen LogP contribution in [0.5, 0.6) is 0 Å². The molecule has 0 unspecified atom stereocenters. The Morgan fingerprint density at radius 2 is 1.89 bits per heavy atom. The third-order valence-electron chi connectivity index (χ3n) is 5.02. The molecule has 2 heterocycles. The average Bonchev–Trinajstić information content (AvgIpc) is 3.03. The topological polar surface area (TPSA) is 70.6 Å². The monoisotopic (exact) mass is 407 g/mol. The van der Waals surface area contributed by atoms with Crippen LogP contribution < -0.4 is 4.31 Å². The second-order valence-corrected chi connectivity index (χ2v) is 10.1. The van der Waals surface area contributed by atoms with Crippen LogP contribution in [0.15, 0.2) is 30.3 Å². The maximum absolute atomic E-state index is 12.9. The van der Waals surface area contributed by atoms with E-state index < -0.39 is 10.0 Å². The SMILES string of the molecule is Cc1nc(N(C)S(C)(=O)=O)sc1C(=O)N1CCC(Cc2ccccc2)CC1. The molecule has 8 heteroatoms. The van der Waals surface area contributed by atoms with Crippen molar-refractivity contribution in [3.8, 4) is 0 Å². The van der Waals surface area contributed by atoms with Gasteiger partial charge in [-0.15, -0.1) is 0 Å². The molecular formula is C19H25N3O3S2. The van der Waals surface area contributed by atoms with Crippen molar-refractivity contribution in [3.63, 3.8) is 0 Å². The number of nitrogens with zero attached hydrogens (tertiary/aromatic N) is 3. The van der Waals surface area contributed by atoms with Crippen LogP contribution in [-0.4, -0.2) is 50.6 Å². The van der Waals surface area contributed by atoms with E-state index in [0.29, 0.717) is 21.6 Å². The van der Waals surface area contributed by atoms with Crippen molar-refractivity contribution in [2.75, 3.05) is 30.7 Å². The number of benzene rings is 1. The average molecular weight is 408 g/mol. The standard InChI is InChI=1S/C19H25N3O3S2/c1-14-17(26-19(20-14)21(2)27(3,24)25)18(23)22-11-9-16(10-12-22)13-15-7-5-4-6-8-15/h4-8,16H,9-13H2,1-3H3. The molecule has 3 rings (SSSR count). The summed E-state index contributed by atoms with van der Waals surface area (Å²) in [6.45, 7) is 3.21. The van der Waals surface area contributed by atoms with Crippen molar-refractivity contribution in [1.82, 2.24) is 9.88 Å². The van der Waals surface area contributed by atoms with E-state index in [4.69, 9.17) is 0 Å². The molecule has 6 nitrogen and oxygen atoms in total. The van der Waals surface area contributed by atoms with E-state index in [1.807, 2.05) is 11.0 Å². The van der Waals surface area contributed by atoms with Gasteiger partial charge in [0, 0.05) is 20.1 Å². The first kappa shape index (κ1) is 19.8. The first-order valence-corrected chi connectivity index (χ1v) is 11.7. The zero-order valence-corrected chi connectivity index (χ0v) is 17.5. The Hall–Kier alpha value is -1.93. The molecule has 146 valence electrons. The normalized spacial score (nSPS) is 15.7. The van der Waals surface area contributed by atoms with Gasteiger partial charge in [0.2, 0.25) is 10.0 Å². The number of sulfonamides is 1. The van der Waals surface area contributed by atoms with E-state index in [1.165, 1.54) is 12.6 Å². The highest BCUT2D eigenvalue weighted by atomic mass is 32.2. The molecule has 0 bridgehead atoms. The highest BCUT2D eigenvalue weighted by Gasteiger charge is 2.28. The fraction of sp³-hybridized carbons (Fsp3) is 0.474. The largest absolute Gasteiger partial charge is 0.338 e. The van der Waals surface area contributed by atoms with Gasteiger partial charge < -0.3 is 4.90 Å². The lowest BCUT2D eigenvalue weighted by Crippen LogP contribution is -2.38. The third kappa shape index (κ3) is 4.68. The Morgan fingerprint density at radius 3 is 2.48 bits per heavy atom. The van der Waals surface area contributed by atoms with Gasteiger partial charge in [0.25, 0.3) is 5.91 Å². The Bertz CT molecular complexity index is 902. The smallest absolute Gasteiger partial charge is 0.265 e. The molecule has 0 spiro atoms. The fourth-order valence-corrected chi connectivity index (χ4v) is 5.03. The molecule has 1 aromatic heterocycles. The Labute approximate surface area is 164 Å². The molecule has 0 radical (unpaired) electrons. The molecule has 0 N–H and O–H groups in total. The Morgan fingerprint density at radius 1 is 1.26 bits per heavy atom. The predicted octanol–water partition coefficient (Wildman–Crippen LogP) is 2.94. The number of aryl methyl sites for hydroxylation is 1. The lowest BCUT2D eigenvalue weighted by molar-refractivity contribution is 0.0694. The van der Waals surface area contributed by atoms with Gasteiger partial charge in [0.05, 0.1) is 11.9 Å². The number of piperidine rings is 1. The van der Waals surface area contributed by atoms with Crippen molar-refractivity contribution in [3.05, 3.63) is 46.5 Å². The first-order chi connectivity index (χ1) is 12.8. The summed E-state index contributed by atoms with van der Waals surface area (Å²) in [4.78, 5) is 19.6. The highest BCUT2D eigenvalue weighted by molar-refractivity contribution is 7.92. The van der Waals surface area contributed by atoms with Gasteiger partial charge in [-0.25, -0.2) is 17.7 Å². The molecular weight excluding hydrogens is 382 g/mol. The fourth-order valence-electron chi connectivity index (χ4n) is 3.29. The zero-order valence-electron chi connectivity index (χ0n) is 15.9. The molecule has 1 amide bonds. The van der Waals surface area contributed by atoms with Gasteiger partial charge in [-0.3, -0.25) is 4.79 Å². The maximum atomic E-state index is 12.9. The number of likely N-dealkylation sites (tertiary alicyclic amines) is 1. The lowest BCUT2D eigenvalue weighted by atomic mass is 9.90. The van der Waals surface area contributed by atoms with Crippen molar-refractivity contribution < 1.29 is 13.2 Å². The van der Waals surface area contributed by atoms with Gasteiger partial charge in [0.15, 0.2) is 5.13 Å². The first-order valence-electron chi connectivity index (χ1n) is 9.00. The summed E-state index contributed by atoms with van der Waals surface area (Å²) in [6, 6.07) is 10.4. The van der Waals surface area contributed by atoms with Gasteiger partial charge >= 0.3 is 0 Å². The maximum Gasteiger partial charge on any atom is 0.265 e. The second-order valence-electron chi connectivity index (χ2n) is 7.07. The second kappa shape index (κ2) is 7.98. The summed E-state index contributed by atoms with van der Waals surface area (Å²) in [6.07, 6.45) is 4.14. The summed E-state index contributed by atoms with van der Waals surface area (Å²) in [5.41, 5.74) is 1.93. The minimum Gasteiger partial charge on any atom is -0.338 e. The summed E-state index contributed by atoms with van der Waals surface area (Å²) in [5, 5.41) is 0.331. The summed E-state index contributed by atoms with van der Waals surface area (Å²) < 4.78 is 24.5.